The largest absolute Gasteiger partial charge is 0.509 e. The van der Waals surface area contributed by atoms with Gasteiger partial charge in [-0.2, -0.15) is 0 Å². The number of benzene rings is 1. The molecule has 1 aromatic rings. The normalized spacial score (nSPS) is 12.9. The molecular weight excluding hydrogens is 264 g/mol. The maximum Gasteiger partial charge on any atom is 0.509 e. The molecule has 0 spiro atoms. The Hall–Kier alpha value is -2.47. The number of rotatable bonds is 5. The van der Waals surface area contributed by atoms with Gasteiger partial charge in [0, 0.05) is 5.92 Å². The summed E-state index contributed by atoms with van der Waals surface area (Å²) in [5, 5.41) is 0. The summed E-state index contributed by atoms with van der Waals surface area (Å²) in [4.78, 5) is 11.4. The first-order chi connectivity index (χ1) is 10.2. The van der Waals surface area contributed by atoms with Crippen LogP contribution < -0.4 is 0 Å². The van der Waals surface area contributed by atoms with E-state index in [0.29, 0.717) is 6.42 Å². The van der Waals surface area contributed by atoms with Crippen LogP contribution >= 0.6 is 0 Å². The van der Waals surface area contributed by atoms with Crippen LogP contribution in [-0.2, 0) is 9.47 Å². The summed E-state index contributed by atoms with van der Waals surface area (Å²) in [5.74, 6) is 5.75. The molecule has 0 heterocycles. The van der Waals surface area contributed by atoms with Crippen LogP contribution in [0.2, 0.25) is 0 Å². The quantitative estimate of drug-likeness (QED) is 0.464. The van der Waals surface area contributed by atoms with Gasteiger partial charge in [-0.3, -0.25) is 0 Å². The van der Waals surface area contributed by atoms with Crippen molar-refractivity contribution in [2.75, 3.05) is 7.11 Å². The average molecular weight is 284 g/mol. The van der Waals surface area contributed by atoms with Crippen LogP contribution in [0, 0.1) is 11.8 Å². The Morgan fingerprint density at radius 2 is 2.10 bits per heavy atom. The van der Waals surface area contributed by atoms with Crippen LogP contribution in [0.4, 0.5) is 4.79 Å². The lowest BCUT2D eigenvalue weighted by molar-refractivity contribution is 0.0471. The van der Waals surface area contributed by atoms with Gasteiger partial charge in [0.15, 0.2) is 6.10 Å². The molecule has 0 radical (unpaired) electrons. The smallest absolute Gasteiger partial charge is 0.438 e. The van der Waals surface area contributed by atoms with Crippen molar-refractivity contribution in [3.8, 4) is 11.8 Å². The van der Waals surface area contributed by atoms with Crippen molar-refractivity contribution >= 4 is 6.16 Å². The third-order valence-electron chi connectivity index (χ3n) is 2.88. The fourth-order valence-electron chi connectivity index (χ4n) is 1.89. The molecule has 0 aliphatic heterocycles. The Balaban J connectivity index is 3.08. The molecule has 0 aromatic heterocycles. The number of allylic oxidation sites excluding steroid dienone is 3. The Kier molecular flexibility index (Phi) is 7.45. The topological polar surface area (TPSA) is 35.5 Å². The molecule has 0 saturated carbocycles. The molecule has 2 unspecified atom stereocenters. The summed E-state index contributed by atoms with van der Waals surface area (Å²) >= 11 is 0. The van der Waals surface area contributed by atoms with E-state index in [1.165, 1.54) is 7.11 Å². The van der Waals surface area contributed by atoms with Crippen LogP contribution in [-0.4, -0.2) is 19.4 Å². The van der Waals surface area contributed by atoms with Gasteiger partial charge in [0.2, 0.25) is 0 Å². The molecule has 21 heavy (non-hydrogen) atoms. The number of carbonyl (C=O) groups is 1. The minimum Gasteiger partial charge on any atom is -0.438 e. The highest BCUT2D eigenvalue weighted by Crippen LogP contribution is 2.26. The number of hydrogen-bond acceptors (Lipinski definition) is 3. The Morgan fingerprint density at radius 1 is 1.38 bits per heavy atom. The van der Waals surface area contributed by atoms with Gasteiger partial charge in [0.25, 0.3) is 0 Å². The lowest BCUT2D eigenvalue weighted by Gasteiger charge is -2.22. The molecule has 0 aliphatic rings. The van der Waals surface area contributed by atoms with Gasteiger partial charge >= 0.3 is 6.16 Å². The van der Waals surface area contributed by atoms with E-state index >= 15 is 0 Å². The van der Waals surface area contributed by atoms with E-state index in [0.717, 1.165) is 5.56 Å². The molecule has 3 heteroatoms. The van der Waals surface area contributed by atoms with E-state index in [9.17, 15) is 4.79 Å². The Labute approximate surface area is 126 Å². The lowest BCUT2D eigenvalue weighted by Crippen LogP contribution is -2.24. The van der Waals surface area contributed by atoms with Crippen molar-refractivity contribution < 1.29 is 14.3 Å². The van der Waals surface area contributed by atoms with E-state index in [1.807, 2.05) is 43.3 Å². The molecule has 0 fully saturated rings. The number of methoxy groups -OCH3 is 1. The molecule has 0 N–H and O–H groups in total. The standard InChI is InChI=1S/C18H20O3/c1-4-6-8-14-17(21-18(19)20-3)16(11-5-2)15-12-9-7-10-13-15/h4-7,9-10,12-13,16-17H,2,11H2,1,3H3/b6-4+. The van der Waals surface area contributed by atoms with Gasteiger partial charge in [-0.1, -0.05) is 54.3 Å². The highest BCUT2D eigenvalue weighted by atomic mass is 16.7. The molecule has 1 aromatic carbocycles. The van der Waals surface area contributed by atoms with E-state index in [1.54, 1.807) is 12.2 Å². The van der Waals surface area contributed by atoms with E-state index < -0.39 is 12.3 Å². The number of ether oxygens (including phenoxy) is 2. The minimum atomic E-state index is -0.736. The predicted octanol–water partition coefficient (Wildman–Crippen LogP) is 4.08. The Morgan fingerprint density at radius 3 is 2.67 bits per heavy atom. The summed E-state index contributed by atoms with van der Waals surface area (Å²) in [5.41, 5.74) is 1.04. The number of hydrogen-bond donors (Lipinski definition) is 0. The molecule has 3 nitrogen and oxygen atoms in total. The van der Waals surface area contributed by atoms with Gasteiger partial charge in [-0.25, -0.2) is 4.79 Å². The summed E-state index contributed by atoms with van der Waals surface area (Å²) in [7, 11) is 1.28. The Bertz CT molecular complexity index is 535. The maximum atomic E-state index is 11.4. The first-order valence-electron chi connectivity index (χ1n) is 6.75. The molecule has 0 saturated heterocycles. The van der Waals surface area contributed by atoms with Crippen molar-refractivity contribution in [1.29, 1.82) is 0 Å². The molecule has 0 aliphatic carbocycles. The third kappa shape index (κ3) is 5.58. The van der Waals surface area contributed by atoms with Crippen LogP contribution in [0.25, 0.3) is 0 Å². The summed E-state index contributed by atoms with van der Waals surface area (Å²) < 4.78 is 9.88. The van der Waals surface area contributed by atoms with Crippen LogP contribution in [0.3, 0.4) is 0 Å². The highest BCUT2D eigenvalue weighted by Gasteiger charge is 2.24. The third-order valence-corrected chi connectivity index (χ3v) is 2.88. The van der Waals surface area contributed by atoms with Gasteiger partial charge < -0.3 is 9.47 Å². The van der Waals surface area contributed by atoms with Crippen molar-refractivity contribution in [2.24, 2.45) is 0 Å². The summed E-state index contributed by atoms with van der Waals surface area (Å²) in [6, 6.07) is 9.80. The zero-order chi connectivity index (χ0) is 15.5. The van der Waals surface area contributed by atoms with Crippen molar-refractivity contribution in [1.82, 2.24) is 0 Å². The van der Waals surface area contributed by atoms with E-state index in [2.05, 4.69) is 23.2 Å². The van der Waals surface area contributed by atoms with Crippen molar-refractivity contribution in [3.63, 3.8) is 0 Å². The summed E-state index contributed by atoms with van der Waals surface area (Å²) in [6.45, 7) is 5.65. The fourth-order valence-corrected chi connectivity index (χ4v) is 1.89. The predicted molar refractivity (Wildman–Crippen MR) is 83.9 cm³/mol. The van der Waals surface area contributed by atoms with Gasteiger partial charge in [0.05, 0.1) is 7.11 Å². The second-order valence-corrected chi connectivity index (χ2v) is 4.32. The zero-order valence-electron chi connectivity index (χ0n) is 12.4. The maximum absolute atomic E-state index is 11.4. The average Bonchev–Trinajstić information content (AvgIpc) is 2.52. The van der Waals surface area contributed by atoms with Crippen LogP contribution in [0.15, 0.2) is 55.1 Å². The fraction of sp³-hybridized carbons (Fsp3) is 0.278. The minimum absolute atomic E-state index is 0.0828. The first kappa shape index (κ1) is 16.6. The zero-order valence-corrected chi connectivity index (χ0v) is 12.4. The SMILES string of the molecule is C=CCC(c1ccccc1)C(C#C/C=C/C)OC(=O)OC. The molecule has 0 bridgehead atoms. The van der Waals surface area contributed by atoms with E-state index in [4.69, 9.17) is 4.74 Å². The summed E-state index contributed by atoms with van der Waals surface area (Å²) in [6.07, 6.45) is 4.66. The van der Waals surface area contributed by atoms with Gasteiger partial charge in [-0.15, -0.1) is 6.58 Å². The molecule has 1 rings (SSSR count). The monoisotopic (exact) mass is 284 g/mol. The van der Waals surface area contributed by atoms with Crippen molar-refractivity contribution in [3.05, 3.63) is 60.7 Å². The van der Waals surface area contributed by atoms with Crippen LogP contribution in [0.5, 0.6) is 0 Å². The van der Waals surface area contributed by atoms with Crippen molar-refractivity contribution in [2.45, 2.75) is 25.4 Å². The van der Waals surface area contributed by atoms with Gasteiger partial charge in [0.1, 0.15) is 0 Å². The second kappa shape index (κ2) is 9.44. The highest BCUT2D eigenvalue weighted by molar-refractivity contribution is 5.60. The molecular formula is C18H20O3. The van der Waals surface area contributed by atoms with Crippen LogP contribution in [0.1, 0.15) is 24.8 Å². The molecule has 2 atom stereocenters. The van der Waals surface area contributed by atoms with E-state index in [-0.39, 0.29) is 5.92 Å². The van der Waals surface area contributed by atoms with Gasteiger partial charge in [-0.05, 0) is 25.0 Å². The number of carbonyl (C=O) groups excluding carboxylic acids is 1. The molecule has 0 amide bonds. The first-order valence-corrected chi connectivity index (χ1v) is 6.75. The lowest BCUT2D eigenvalue weighted by atomic mass is 9.90. The molecule has 110 valence electrons. The second-order valence-electron chi connectivity index (χ2n) is 4.32.